The van der Waals surface area contributed by atoms with E-state index in [0.29, 0.717) is 31.7 Å². The van der Waals surface area contributed by atoms with E-state index in [1.54, 1.807) is 0 Å². The number of carbonyl (C=O) groups excluding carboxylic acids is 2. The van der Waals surface area contributed by atoms with Crippen molar-refractivity contribution in [3.8, 4) is 0 Å². The molecule has 0 heterocycles. The summed E-state index contributed by atoms with van der Waals surface area (Å²) in [5, 5.41) is 8.65. The van der Waals surface area contributed by atoms with Crippen molar-refractivity contribution in [2.24, 2.45) is 0 Å². The van der Waals surface area contributed by atoms with E-state index in [2.05, 4.69) is 4.74 Å². The average Bonchev–Trinajstić information content (AvgIpc) is 2.49. The number of aliphatic hydroxyl groups excluding tert-OH is 1. The van der Waals surface area contributed by atoms with Crippen molar-refractivity contribution in [1.82, 2.24) is 0 Å². The van der Waals surface area contributed by atoms with Crippen LogP contribution in [0.4, 0.5) is 0 Å². The number of esters is 1. The third-order valence-corrected chi connectivity index (χ3v) is 3.68. The maximum Gasteiger partial charge on any atom is 0.305 e. The second-order valence-corrected chi connectivity index (χ2v) is 5.62. The molecule has 0 saturated carbocycles. The number of carbonyl (C=O) groups is 2. The molecule has 0 bridgehead atoms. The average molecular weight is 300 g/mol. The lowest BCUT2D eigenvalue weighted by Crippen LogP contribution is -2.00. The summed E-state index contributed by atoms with van der Waals surface area (Å²) in [5.41, 5.74) is 0. The van der Waals surface area contributed by atoms with Crippen LogP contribution in [0.3, 0.4) is 0 Å². The van der Waals surface area contributed by atoms with Crippen LogP contribution in [0.1, 0.15) is 83.5 Å². The fraction of sp³-hybridized carbons (Fsp3) is 0.882. The molecule has 0 atom stereocenters. The van der Waals surface area contributed by atoms with Gasteiger partial charge in [0.1, 0.15) is 5.78 Å². The fourth-order valence-electron chi connectivity index (χ4n) is 2.31. The molecule has 0 aliphatic rings. The van der Waals surface area contributed by atoms with Gasteiger partial charge in [0.15, 0.2) is 0 Å². The summed E-state index contributed by atoms with van der Waals surface area (Å²) in [7, 11) is 1.40. The second-order valence-electron chi connectivity index (χ2n) is 5.62. The lowest BCUT2D eigenvalue weighted by Gasteiger charge is -2.03. The zero-order chi connectivity index (χ0) is 15.8. The number of hydrogen-bond acceptors (Lipinski definition) is 4. The monoisotopic (exact) mass is 300 g/mol. The molecule has 0 spiro atoms. The first kappa shape index (κ1) is 20.1. The van der Waals surface area contributed by atoms with Gasteiger partial charge in [-0.15, -0.1) is 0 Å². The van der Waals surface area contributed by atoms with E-state index < -0.39 is 0 Å². The Kier molecular flexibility index (Phi) is 14.8. The third kappa shape index (κ3) is 15.3. The molecule has 0 radical (unpaired) electrons. The number of methoxy groups -OCH3 is 1. The highest BCUT2D eigenvalue weighted by atomic mass is 16.5. The highest BCUT2D eigenvalue weighted by Crippen LogP contribution is 2.11. The highest BCUT2D eigenvalue weighted by Gasteiger charge is 2.03. The Labute approximate surface area is 129 Å². The van der Waals surface area contributed by atoms with Gasteiger partial charge in [0, 0.05) is 25.9 Å². The molecule has 0 aliphatic carbocycles. The Morgan fingerprint density at radius 3 is 1.67 bits per heavy atom. The molecule has 1 N–H and O–H groups in total. The van der Waals surface area contributed by atoms with Gasteiger partial charge < -0.3 is 9.84 Å². The first-order chi connectivity index (χ1) is 10.2. The Balaban J connectivity index is 3.22. The molecule has 4 nitrogen and oxygen atoms in total. The Hall–Kier alpha value is -0.900. The van der Waals surface area contributed by atoms with Crippen LogP contribution in [-0.4, -0.2) is 30.6 Å². The number of Topliss-reactive ketones (excluding diaryl/α,β-unsaturated/α-hetero) is 1. The van der Waals surface area contributed by atoms with E-state index in [1.807, 2.05) is 0 Å². The van der Waals surface area contributed by atoms with Crippen molar-refractivity contribution in [1.29, 1.82) is 0 Å². The summed E-state index contributed by atoms with van der Waals surface area (Å²) in [6.07, 6.45) is 12.2. The molecule has 0 unspecified atom stereocenters. The van der Waals surface area contributed by atoms with Crippen LogP contribution in [-0.2, 0) is 14.3 Å². The molecule has 0 amide bonds. The molecule has 124 valence electrons. The van der Waals surface area contributed by atoms with Gasteiger partial charge in [-0.05, 0) is 25.7 Å². The van der Waals surface area contributed by atoms with Gasteiger partial charge in [0.2, 0.25) is 0 Å². The molecule has 0 rings (SSSR count). The number of rotatable bonds is 15. The lowest BCUT2D eigenvalue weighted by molar-refractivity contribution is -0.140. The van der Waals surface area contributed by atoms with E-state index in [4.69, 9.17) is 5.11 Å². The zero-order valence-corrected chi connectivity index (χ0v) is 13.6. The zero-order valence-electron chi connectivity index (χ0n) is 13.6. The Morgan fingerprint density at radius 1 is 0.714 bits per heavy atom. The number of ketones is 1. The minimum atomic E-state index is -0.166. The molecule has 0 aliphatic heterocycles. The highest BCUT2D eigenvalue weighted by molar-refractivity contribution is 5.78. The summed E-state index contributed by atoms with van der Waals surface area (Å²) >= 11 is 0. The Bertz CT molecular complexity index is 264. The van der Waals surface area contributed by atoms with Crippen LogP contribution < -0.4 is 0 Å². The fourth-order valence-corrected chi connectivity index (χ4v) is 2.31. The summed E-state index contributed by atoms with van der Waals surface area (Å²) < 4.78 is 4.57. The number of unbranched alkanes of at least 4 members (excludes halogenated alkanes) is 8. The van der Waals surface area contributed by atoms with Gasteiger partial charge in [-0.3, -0.25) is 9.59 Å². The number of hydrogen-bond donors (Lipinski definition) is 1. The van der Waals surface area contributed by atoms with E-state index in [-0.39, 0.29) is 5.97 Å². The van der Waals surface area contributed by atoms with Crippen LogP contribution in [0.5, 0.6) is 0 Å². The summed E-state index contributed by atoms with van der Waals surface area (Å²) in [6, 6.07) is 0. The number of ether oxygens (including phenoxy) is 1. The van der Waals surface area contributed by atoms with Crippen LogP contribution in [0, 0.1) is 0 Å². The molecule has 0 saturated heterocycles. The van der Waals surface area contributed by atoms with Gasteiger partial charge in [0.05, 0.1) is 7.11 Å². The summed E-state index contributed by atoms with van der Waals surface area (Å²) in [6.45, 7) is 0.300. The van der Waals surface area contributed by atoms with Gasteiger partial charge in [0.25, 0.3) is 0 Å². The molecule has 0 aromatic heterocycles. The van der Waals surface area contributed by atoms with Gasteiger partial charge in [-0.2, -0.15) is 0 Å². The topological polar surface area (TPSA) is 63.6 Å². The summed E-state index contributed by atoms with van der Waals surface area (Å²) in [5.74, 6) is 0.189. The minimum absolute atomic E-state index is 0.166. The standard InChI is InChI=1S/C17H32O4/c1-21-17(20)14-10-7-9-13-16(19)12-8-5-3-2-4-6-11-15-18/h18H,2-15H2,1H3. The molecular weight excluding hydrogens is 268 g/mol. The van der Waals surface area contributed by atoms with E-state index in [9.17, 15) is 9.59 Å². The maximum atomic E-state index is 11.7. The second kappa shape index (κ2) is 15.5. The predicted molar refractivity (Wildman–Crippen MR) is 84.1 cm³/mol. The Morgan fingerprint density at radius 2 is 1.14 bits per heavy atom. The van der Waals surface area contributed by atoms with Crippen molar-refractivity contribution < 1.29 is 19.4 Å². The first-order valence-corrected chi connectivity index (χ1v) is 8.40. The van der Waals surface area contributed by atoms with E-state index in [0.717, 1.165) is 44.9 Å². The van der Waals surface area contributed by atoms with Crippen LogP contribution >= 0.6 is 0 Å². The first-order valence-electron chi connectivity index (χ1n) is 8.40. The molecular formula is C17H32O4. The molecule has 4 heteroatoms. The van der Waals surface area contributed by atoms with E-state index >= 15 is 0 Å². The molecule has 0 fully saturated rings. The quantitative estimate of drug-likeness (QED) is 0.369. The normalized spacial score (nSPS) is 10.6. The van der Waals surface area contributed by atoms with Gasteiger partial charge in [-0.25, -0.2) is 0 Å². The molecule has 0 aromatic carbocycles. The predicted octanol–water partition coefficient (Wildman–Crippen LogP) is 3.79. The smallest absolute Gasteiger partial charge is 0.305 e. The third-order valence-electron chi connectivity index (χ3n) is 3.68. The number of aliphatic hydroxyl groups is 1. The SMILES string of the molecule is COC(=O)CCCCCC(=O)CCCCCCCCCO. The van der Waals surface area contributed by atoms with Crippen molar-refractivity contribution in [3.05, 3.63) is 0 Å². The van der Waals surface area contributed by atoms with Crippen LogP contribution in [0.2, 0.25) is 0 Å². The summed E-state index contributed by atoms with van der Waals surface area (Å²) in [4.78, 5) is 22.5. The van der Waals surface area contributed by atoms with Crippen LogP contribution in [0.15, 0.2) is 0 Å². The maximum absolute atomic E-state index is 11.7. The van der Waals surface area contributed by atoms with Crippen molar-refractivity contribution in [2.45, 2.75) is 83.5 Å². The molecule has 21 heavy (non-hydrogen) atoms. The lowest BCUT2D eigenvalue weighted by atomic mass is 10.0. The van der Waals surface area contributed by atoms with Crippen molar-refractivity contribution in [2.75, 3.05) is 13.7 Å². The largest absolute Gasteiger partial charge is 0.469 e. The van der Waals surface area contributed by atoms with Crippen LogP contribution in [0.25, 0.3) is 0 Å². The van der Waals surface area contributed by atoms with Crippen molar-refractivity contribution >= 4 is 11.8 Å². The molecule has 0 aromatic rings. The van der Waals surface area contributed by atoms with E-state index in [1.165, 1.54) is 26.4 Å². The van der Waals surface area contributed by atoms with Gasteiger partial charge in [-0.1, -0.05) is 38.5 Å². The minimum Gasteiger partial charge on any atom is -0.469 e. The van der Waals surface area contributed by atoms with Crippen molar-refractivity contribution in [3.63, 3.8) is 0 Å². The van der Waals surface area contributed by atoms with Gasteiger partial charge >= 0.3 is 5.97 Å².